The van der Waals surface area contributed by atoms with Crippen molar-refractivity contribution in [1.29, 1.82) is 5.26 Å². The second kappa shape index (κ2) is 7.54. The van der Waals surface area contributed by atoms with Crippen molar-refractivity contribution in [3.05, 3.63) is 96.2 Å². The van der Waals surface area contributed by atoms with Gasteiger partial charge in [0.25, 0.3) is 0 Å². The maximum Gasteiger partial charge on any atom is 0.435 e. The molecule has 0 amide bonds. The van der Waals surface area contributed by atoms with Gasteiger partial charge in [0.2, 0.25) is 0 Å². The summed E-state index contributed by atoms with van der Waals surface area (Å²) >= 11 is 0. The first kappa shape index (κ1) is 19.8. The molecule has 0 N–H and O–H groups in total. The predicted octanol–water partition coefficient (Wildman–Crippen LogP) is 6.93. The number of hydrogen-bond donors (Lipinski definition) is 0. The van der Waals surface area contributed by atoms with Crippen molar-refractivity contribution in [3.8, 4) is 23.0 Å². The first-order valence-electron chi connectivity index (χ1n) is 9.99. The van der Waals surface area contributed by atoms with Crippen LogP contribution in [0.25, 0.3) is 38.5 Å². The van der Waals surface area contributed by atoms with Crippen molar-refractivity contribution in [1.82, 2.24) is 9.78 Å². The van der Waals surface area contributed by atoms with Crippen LogP contribution in [0.2, 0.25) is 0 Å². The summed E-state index contributed by atoms with van der Waals surface area (Å²) in [5.41, 5.74) is 1.32. The first-order valence-corrected chi connectivity index (χ1v) is 9.99. The fourth-order valence-electron chi connectivity index (χ4n) is 3.94. The largest absolute Gasteiger partial charge is 0.435 e. The molecule has 0 fully saturated rings. The Kier molecular flexibility index (Phi) is 4.67. The van der Waals surface area contributed by atoms with E-state index >= 15 is 0 Å². The van der Waals surface area contributed by atoms with Crippen molar-refractivity contribution >= 4 is 21.5 Å². The van der Waals surface area contributed by atoms with Crippen LogP contribution in [0.15, 0.2) is 84.9 Å². The summed E-state index contributed by atoms with van der Waals surface area (Å²) in [5.74, 6) is 0. The molecule has 0 spiro atoms. The maximum absolute atomic E-state index is 13.5. The molecule has 0 aliphatic carbocycles. The number of benzene rings is 4. The Morgan fingerprint density at radius 3 is 2.28 bits per heavy atom. The zero-order valence-electron chi connectivity index (χ0n) is 16.8. The van der Waals surface area contributed by atoms with Crippen LogP contribution < -0.4 is 0 Å². The minimum absolute atomic E-state index is 0.235. The molecule has 3 nitrogen and oxygen atoms in total. The van der Waals surface area contributed by atoms with E-state index < -0.39 is 11.9 Å². The smallest absolute Gasteiger partial charge is 0.233 e. The number of alkyl halides is 3. The summed E-state index contributed by atoms with van der Waals surface area (Å²) in [6.07, 6.45) is -4.33. The first-order chi connectivity index (χ1) is 15.4. The Morgan fingerprint density at radius 1 is 0.812 bits per heavy atom. The number of aromatic nitrogens is 2. The molecular weight excluding hydrogens is 411 g/mol. The lowest BCUT2D eigenvalue weighted by Crippen LogP contribution is -2.07. The molecule has 1 heterocycles. The molecule has 0 atom stereocenters. The van der Waals surface area contributed by atoms with E-state index in [2.05, 4.69) is 11.2 Å². The average Bonchev–Trinajstić information content (AvgIpc) is 3.25. The van der Waals surface area contributed by atoms with Gasteiger partial charge in [0, 0.05) is 5.56 Å². The number of hydrogen-bond acceptors (Lipinski definition) is 2. The summed E-state index contributed by atoms with van der Waals surface area (Å²) in [5, 5.41) is 16.9. The van der Waals surface area contributed by atoms with Crippen molar-refractivity contribution < 1.29 is 13.2 Å². The molecule has 0 aliphatic rings. The monoisotopic (exact) mass is 427 g/mol. The normalized spacial score (nSPS) is 11.7. The topological polar surface area (TPSA) is 41.6 Å². The molecule has 5 rings (SSSR count). The van der Waals surface area contributed by atoms with E-state index in [-0.39, 0.29) is 6.42 Å². The van der Waals surface area contributed by atoms with Crippen LogP contribution in [0.4, 0.5) is 13.2 Å². The van der Waals surface area contributed by atoms with Gasteiger partial charge in [0.15, 0.2) is 5.69 Å². The summed E-state index contributed by atoms with van der Waals surface area (Å²) in [4.78, 5) is 0. The van der Waals surface area contributed by atoms with Gasteiger partial charge >= 0.3 is 6.18 Å². The van der Waals surface area contributed by atoms with E-state index in [1.54, 1.807) is 24.3 Å². The van der Waals surface area contributed by atoms with E-state index in [1.807, 2.05) is 54.6 Å². The quantitative estimate of drug-likeness (QED) is 0.293. The highest BCUT2D eigenvalue weighted by molar-refractivity contribution is 6.08. The van der Waals surface area contributed by atoms with Crippen LogP contribution in [0.5, 0.6) is 0 Å². The van der Waals surface area contributed by atoms with Gasteiger partial charge in [-0.15, -0.1) is 0 Å². The number of nitriles is 1. The van der Waals surface area contributed by atoms with Gasteiger partial charge in [-0.2, -0.15) is 23.5 Å². The molecule has 156 valence electrons. The molecule has 5 aromatic rings. The van der Waals surface area contributed by atoms with Gasteiger partial charge in [0.1, 0.15) is 0 Å². The summed E-state index contributed by atoms with van der Waals surface area (Å²) < 4.78 is 41.8. The van der Waals surface area contributed by atoms with E-state index in [9.17, 15) is 13.2 Å². The molecule has 1 aromatic heterocycles. The SMILES string of the molecule is N#CCc1ccc(-n2nc(C(F)(F)F)cc2-c2ccc3c(ccc4ccccc43)c2)cc1. The lowest BCUT2D eigenvalue weighted by atomic mass is 9.99. The lowest BCUT2D eigenvalue weighted by Gasteiger charge is -2.10. The van der Waals surface area contributed by atoms with Crippen LogP contribution >= 0.6 is 0 Å². The predicted molar refractivity (Wildman–Crippen MR) is 118 cm³/mol. The fourth-order valence-corrected chi connectivity index (χ4v) is 3.94. The number of rotatable bonds is 3. The van der Waals surface area contributed by atoms with Gasteiger partial charge in [-0.25, -0.2) is 4.68 Å². The fraction of sp³-hybridized carbons (Fsp3) is 0.0769. The third-order valence-electron chi connectivity index (χ3n) is 5.50. The molecule has 32 heavy (non-hydrogen) atoms. The average molecular weight is 427 g/mol. The van der Waals surface area contributed by atoms with Crippen LogP contribution in [0.1, 0.15) is 11.3 Å². The summed E-state index contributed by atoms with van der Waals surface area (Å²) in [7, 11) is 0. The van der Waals surface area contributed by atoms with E-state index in [0.29, 0.717) is 16.9 Å². The Balaban J connectivity index is 1.68. The van der Waals surface area contributed by atoms with Gasteiger partial charge in [0.05, 0.1) is 23.9 Å². The van der Waals surface area contributed by atoms with Crippen LogP contribution in [0.3, 0.4) is 0 Å². The standard InChI is InChI=1S/C26H16F3N3/c27-26(28,29)25-16-24(32(31-25)21-10-5-17(6-11-21)13-14-30)20-9-12-23-19(15-20)8-7-18-3-1-2-4-22(18)23/h1-12,15-16H,13H2. The molecule has 0 saturated heterocycles. The third kappa shape index (κ3) is 3.48. The van der Waals surface area contributed by atoms with Gasteiger partial charge in [-0.3, -0.25) is 0 Å². The van der Waals surface area contributed by atoms with Crippen molar-refractivity contribution in [2.24, 2.45) is 0 Å². The molecule has 0 aliphatic heterocycles. The van der Waals surface area contributed by atoms with Crippen LogP contribution in [-0.2, 0) is 12.6 Å². The van der Waals surface area contributed by atoms with Crippen molar-refractivity contribution in [2.45, 2.75) is 12.6 Å². The second-order valence-electron chi connectivity index (χ2n) is 7.55. The molecule has 0 radical (unpaired) electrons. The highest BCUT2D eigenvalue weighted by Crippen LogP contribution is 2.35. The molecule has 6 heteroatoms. The van der Waals surface area contributed by atoms with E-state index in [1.165, 1.54) is 4.68 Å². The van der Waals surface area contributed by atoms with Crippen molar-refractivity contribution in [3.63, 3.8) is 0 Å². The maximum atomic E-state index is 13.5. The van der Waals surface area contributed by atoms with Gasteiger partial charge in [-0.05, 0) is 51.4 Å². The molecule has 0 saturated carbocycles. The van der Waals surface area contributed by atoms with Crippen LogP contribution in [-0.4, -0.2) is 9.78 Å². The third-order valence-corrected chi connectivity index (χ3v) is 5.50. The minimum atomic E-state index is -4.56. The highest BCUT2D eigenvalue weighted by Gasteiger charge is 2.35. The molecular formula is C26H16F3N3. The van der Waals surface area contributed by atoms with Crippen LogP contribution in [0, 0.1) is 11.3 Å². The number of halogens is 3. The molecule has 0 unspecified atom stereocenters. The lowest BCUT2D eigenvalue weighted by molar-refractivity contribution is -0.141. The summed E-state index contributed by atoms with van der Waals surface area (Å²) in [6.45, 7) is 0. The zero-order valence-corrected chi connectivity index (χ0v) is 16.8. The van der Waals surface area contributed by atoms with Gasteiger partial charge < -0.3 is 0 Å². The second-order valence-corrected chi connectivity index (χ2v) is 7.55. The molecule has 4 aromatic carbocycles. The zero-order chi connectivity index (χ0) is 22.3. The van der Waals surface area contributed by atoms with E-state index in [0.717, 1.165) is 33.2 Å². The summed E-state index contributed by atoms with van der Waals surface area (Å²) in [6, 6.07) is 27.6. The Morgan fingerprint density at radius 2 is 1.53 bits per heavy atom. The Labute approximate surface area is 182 Å². The number of nitrogens with zero attached hydrogens (tertiary/aromatic N) is 3. The Bertz CT molecular complexity index is 1490. The van der Waals surface area contributed by atoms with Crippen molar-refractivity contribution in [2.75, 3.05) is 0 Å². The minimum Gasteiger partial charge on any atom is -0.233 e. The Hall–Kier alpha value is -4.11. The number of fused-ring (bicyclic) bond motifs is 3. The molecule has 0 bridgehead atoms. The highest BCUT2D eigenvalue weighted by atomic mass is 19.4. The van der Waals surface area contributed by atoms with Gasteiger partial charge in [-0.1, -0.05) is 60.7 Å². The van der Waals surface area contributed by atoms with E-state index in [4.69, 9.17) is 5.26 Å².